The molecule has 0 unspecified atom stereocenters. The van der Waals surface area contributed by atoms with Crippen LogP contribution in [0.5, 0.6) is 5.75 Å². The molecule has 4 nitrogen and oxygen atoms in total. The van der Waals surface area contributed by atoms with Gasteiger partial charge in [0.1, 0.15) is 5.75 Å². The smallest absolute Gasteiger partial charge is 0.265 e. The maximum absolute atomic E-state index is 12.7. The quantitative estimate of drug-likeness (QED) is 0.726. The number of hydrogen-bond donors (Lipinski definition) is 2. The number of aryl methyl sites for hydroxylation is 2. The van der Waals surface area contributed by atoms with Crippen molar-refractivity contribution >= 4 is 22.9 Å². The molecule has 2 N–H and O–H groups in total. The lowest BCUT2D eigenvalue weighted by Gasteiger charge is -2.15. The van der Waals surface area contributed by atoms with Crippen molar-refractivity contribution < 1.29 is 14.6 Å². The fraction of sp³-hybridized carbons (Fsp3) is 0.190. The second-order valence-corrected chi connectivity index (χ2v) is 7.31. The van der Waals surface area contributed by atoms with Gasteiger partial charge in [-0.2, -0.15) is 0 Å². The molecular formula is C21H19NO3S. The zero-order valence-corrected chi connectivity index (χ0v) is 15.2. The first kappa shape index (κ1) is 16.8. The third-order valence-electron chi connectivity index (χ3n) is 4.67. The standard InChI is InChI=1S/C21H19NO3S/c1-25-18-9-8-16(10-15(18)12-23)22-21(24)19-11-14-7-6-13-4-2-3-5-17(13)20(14)26-19/h2-5,8-11,23H,6-7,12H2,1H3,(H,22,24). The summed E-state index contributed by atoms with van der Waals surface area (Å²) in [7, 11) is 1.56. The van der Waals surface area contributed by atoms with Crippen molar-refractivity contribution in [3.05, 3.63) is 70.1 Å². The van der Waals surface area contributed by atoms with Crippen LogP contribution < -0.4 is 10.1 Å². The van der Waals surface area contributed by atoms with Crippen LogP contribution in [0.25, 0.3) is 10.4 Å². The van der Waals surface area contributed by atoms with Gasteiger partial charge in [0.25, 0.3) is 5.91 Å². The van der Waals surface area contributed by atoms with Crippen LogP contribution >= 0.6 is 11.3 Å². The zero-order chi connectivity index (χ0) is 18.1. The number of aliphatic hydroxyl groups is 1. The molecule has 4 rings (SSSR count). The first-order valence-corrected chi connectivity index (χ1v) is 9.31. The van der Waals surface area contributed by atoms with Crippen LogP contribution in [0, 0.1) is 0 Å². The summed E-state index contributed by atoms with van der Waals surface area (Å²) in [6, 6.07) is 15.7. The van der Waals surface area contributed by atoms with E-state index in [0.717, 1.165) is 12.8 Å². The number of carbonyl (C=O) groups excluding carboxylic acids is 1. The second-order valence-electron chi connectivity index (χ2n) is 6.26. The van der Waals surface area contributed by atoms with Crippen molar-refractivity contribution in [1.29, 1.82) is 0 Å². The minimum absolute atomic E-state index is 0.129. The SMILES string of the molecule is COc1ccc(NC(=O)c2cc3c(s2)-c2ccccc2CC3)cc1CO. The molecule has 2 aromatic carbocycles. The van der Waals surface area contributed by atoms with Crippen molar-refractivity contribution in [3.63, 3.8) is 0 Å². The Morgan fingerprint density at radius 3 is 2.77 bits per heavy atom. The lowest BCUT2D eigenvalue weighted by Crippen LogP contribution is -2.10. The van der Waals surface area contributed by atoms with E-state index in [1.165, 1.54) is 32.9 Å². The monoisotopic (exact) mass is 365 g/mol. The van der Waals surface area contributed by atoms with E-state index in [4.69, 9.17) is 4.74 Å². The summed E-state index contributed by atoms with van der Waals surface area (Å²) < 4.78 is 5.20. The van der Waals surface area contributed by atoms with Crippen LogP contribution in [-0.2, 0) is 19.4 Å². The maximum Gasteiger partial charge on any atom is 0.265 e. The fourth-order valence-electron chi connectivity index (χ4n) is 3.36. The van der Waals surface area contributed by atoms with Crippen molar-refractivity contribution in [2.75, 3.05) is 12.4 Å². The highest BCUT2D eigenvalue weighted by Crippen LogP contribution is 2.39. The minimum Gasteiger partial charge on any atom is -0.496 e. The second kappa shape index (κ2) is 6.94. The molecule has 5 heteroatoms. The van der Waals surface area contributed by atoms with Crippen molar-refractivity contribution in [2.45, 2.75) is 19.4 Å². The van der Waals surface area contributed by atoms with E-state index in [0.29, 0.717) is 21.9 Å². The highest BCUT2D eigenvalue weighted by molar-refractivity contribution is 7.17. The van der Waals surface area contributed by atoms with Gasteiger partial charge in [0.05, 0.1) is 18.6 Å². The van der Waals surface area contributed by atoms with Crippen LogP contribution in [0.15, 0.2) is 48.5 Å². The summed E-state index contributed by atoms with van der Waals surface area (Å²) in [5.74, 6) is 0.477. The van der Waals surface area contributed by atoms with Crippen LogP contribution in [0.4, 0.5) is 5.69 Å². The first-order valence-electron chi connectivity index (χ1n) is 8.49. The molecule has 132 valence electrons. The summed E-state index contributed by atoms with van der Waals surface area (Å²) in [4.78, 5) is 14.6. The van der Waals surface area contributed by atoms with E-state index in [1.807, 2.05) is 12.1 Å². The van der Waals surface area contributed by atoms with E-state index in [-0.39, 0.29) is 12.5 Å². The number of methoxy groups -OCH3 is 1. The Hall–Kier alpha value is -2.63. The molecular weight excluding hydrogens is 346 g/mol. The molecule has 0 radical (unpaired) electrons. The van der Waals surface area contributed by atoms with Gasteiger partial charge in [0.2, 0.25) is 0 Å². The number of hydrogen-bond acceptors (Lipinski definition) is 4. The number of aliphatic hydroxyl groups excluding tert-OH is 1. The van der Waals surface area contributed by atoms with Gasteiger partial charge in [-0.25, -0.2) is 0 Å². The zero-order valence-electron chi connectivity index (χ0n) is 14.4. The summed E-state index contributed by atoms with van der Waals surface area (Å²) in [6.07, 6.45) is 1.98. The molecule has 1 heterocycles. The minimum atomic E-state index is -0.142. The summed E-state index contributed by atoms with van der Waals surface area (Å²) in [5, 5.41) is 12.4. The average molecular weight is 365 g/mol. The van der Waals surface area contributed by atoms with Crippen LogP contribution in [0.2, 0.25) is 0 Å². The molecule has 1 amide bonds. The molecule has 0 aliphatic heterocycles. The van der Waals surface area contributed by atoms with Gasteiger partial charge in [0, 0.05) is 16.1 Å². The highest BCUT2D eigenvalue weighted by Gasteiger charge is 2.21. The number of anilines is 1. The Labute approximate surface area is 156 Å². The number of fused-ring (bicyclic) bond motifs is 3. The predicted molar refractivity (Wildman–Crippen MR) is 104 cm³/mol. The summed E-state index contributed by atoms with van der Waals surface area (Å²) in [5.41, 5.74) is 5.11. The topological polar surface area (TPSA) is 58.6 Å². The fourth-order valence-corrected chi connectivity index (χ4v) is 4.52. The highest BCUT2D eigenvalue weighted by atomic mass is 32.1. The Kier molecular flexibility index (Phi) is 4.49. The van der Waals surface area contributed by atoms with Crippen LogP contribution in [-0.4, -0.2) is 18.1 Å². The van der Waals surface area contributed by atoms with Gasteiger partial charge in [-0.1, -0.05) is 24.3 Å². The molecule has 0 spiro atoms. The maximum atomic E-state index is 12.7. The van der Waals surface area contributed by atoms with Gasteiger partial charge < -0.3 is 15.2 Å². The molecule has 0 atom stereocenters. The lowest BCUT2D eigenvalue weighted by atomic mass is 9.91. The number of nitrogens with one attached hydrogen (secondary N) is 1. The van der Waals surface area contributed by atoms with Crippen molar-refractivity contribution in [2.24, 2.45) is 0 Å². The number of ether oxygens (including phenoxy) is 1. The van der Waals surface area contributed by atoms with Crippen molar-refractivity contribution in [1.82, 2.24) is 0 Å². The molecule has 0 fully saturated rings. The molecule has 0 saturated carbocycles. The van der Waals surface area contributed by atoms with Gasteiger partial charge in [-0.05, 0) is 53.8 Å². The van der Waals surface area contributed by atoms with Gasteiger partial charge >= 0.3 is 0 Å². The largest absolute Gasteiger partial charge is 0.496 e. The predicted octanol–water partition coefficient (Wildman–Crippen LogP) is 4.27. The lowest BCUT2D eigenvalue weighted by molar-refractivity contribution is 0.103. The number of benzene rings is 2. The van der Waals surface area contributed by atoms with E-state index in [1.54, 1.807) is 25.3 Å². The van der Waals surface area contributed by atoms with Gasteiger partial charge in [0.15, 0.2) is 0 Å². The molecule has 0 saturated heterocycles. The number of carbonyl (C=O) groups is 1. The molecule has 0 bridgehead atoms. The number of rotatable bonds is 4. The van der Waals surface area contributed by atoms with Gasteiger partial charge in [-0.3, -0.25) is 4.79 Å². The summed E-state index contributed by atoms with van der Waals surface area (Å²) in [6.45, 7) is -0.142. The molecule has 1 aliphatic rings. The average Bonchev–Trinajstić information content (AvgIpc) is 3.13. The van der Waals surface area contributed by atoms with E-state index in [9.17, 15) is 9.90 Å². The molecule has 1 aromatic heterocycles. The third-order valence-corrected chi connectivity index (χ3v) is 5.88. The van der Waals surface area contributed by atoms with Gasteiger partial charge in [-0.15, -0.1) is 11.3 Å². The third kappa shape index (κ3) is 3.00. The Balaban J connectivity index is 1.60. The van der Waals surface area contributed by atoms with E-state index >= 15 is 0 Å². The van der Waals surface area contributed by atoms with Crippen molar-refractivity contribution in [3.8, 4) is 16.2 Å². The molecule has 3 aromatic rings. The molecule has 1 aliphatic carbocycles. The summed E-state index contributed by atoms with van der Waals surface area (Å²) >= 11 is 1.54. The number of thiophene rings is 1. The molecule has 26 heavy (non-hydrogen) atoms. The Morgan fingerprint density at radius 2 is 1.96 bits per heavy atom. The normalized spacial score (nSPS) is 12.2. The van der Waals surface area contributed by atoms with E-state index < -0.39 is 0 Å². The Morgan fingerprint density at radius 1 is 1.15 bits per heavy atom. The first-order chi connectivity index (χ1) is 12.7. The van der Waals surface area contributed by atoms with E-state index in [2.05, 4.69) is 23.5 Å². The Bertz CT molecular complexity index is 977. The van der Waals surface area contributed by atoms with Crippen LogP contribution in [0.3, 0.4) is 0 Å². The van der Waals surface area contributed by atoms with Crippen LogP contribution in [0.1, 0.15) is 26.4 Å². The number of amides is 1.